The summed E-state index contributed by atoms with van der Waals surface area (Å²) >= 11 is 0. The van der Waals surface area contributed by atoms with Gasteiger partial charge in [0.15, 0.2) is 0 Å². The third-order valence-electron chi connectivity index (χ3n) is 6.56. The van der Waals surface area contributed by atoms with Gasteiger partial charge in [-0.3, -0.25) is 4.72 Å². The predicted octanol–water partition coefficient (Wildman–Crippen LogP) is 5.84. The Hall–Kier alpha value is -3.40. The highest BCUT2D eigenvalue weighted by molar-refractivity contribution is 7.92. The quantitative estimate of drug-likeness (QED) is 0.132. The van der Waals surface area contributed by atoms with Gasteiger partial charge < -0.3 is 21.1 Å². The molecule has 0 fully saturated rings. The van der Waals surface area contributed by atoms with Crippen molar-refractivity contribution < 1.29 is 18.3 Å². The minimum absolute atomic E-state index is 0.107. The zero-order chi connectivity index (χ0) is 28.6. The molecule has 8 nitrogen and oxygen atoms in total. The number of sulfonamides is 1. The first-order chi connectivity index (χ1) is 19.4. The van der Waals surface area contributed by atoms with E-state index >= 15 is 0 Å². The first kappa shape index (κ1) is 31.1. The number of rotatable bonds is 17. The summed E-state index contributed by atoms with van der Waals surface area (Å²) in [6, 6.07) is 22.5. The van der Waals surface area contributed by atoms with Crippen molar-refractivity contribution in [1.29, 1.82) is 0 Å². The zero-order valence-corrected chi connectivity index (χ0v) is 24.1. The molecule has 0 bridgehead atoms. The number of aliphatic hydroxyl groups excluding tert-OH is 1. The van der Waals surface area contributed by atoms with Gasteiger partial charge in [-0.1, -0.05) is 81.5 Å². The lowest BCUT2D eigenvalue weighted by molar-refractivity contribution is 0.175. The van der Waals surface area contributed by atoms with E-state index in [-0.39, 0.29) is 10.9 Å². The Morgan fingerprint density at radius 1 is 0.800 bits per heavy atom. The van der Waals surface area contributed by atoms with Crippen molar-refractivity contribution in [2.45, 2.75) is 62.9 Å². The molecule has 3 rings (SSSR count). The maximum Gasteiger partial charge on any atom is 0.319 e. The number of carbonyl (C=O) groups excluding carboxylic acids is 1. The highest BCUT2D eigenvalue weighted by Gasteiger charge is 2.14. The van der Waals surface area contributed by atoms with Crippen molar-refractivity contribution in [2.24, 2.45) is 0 Å². The van der Waals surface area contributed by atoms with Crippen LogP contribution in [0, 0.1) is 0 Å². The van der Waals surface area contributed by atoms with Crippen LogP contribution in [0.2, 0.25) is 0 Å². The van der Waals surface area contributed by atoms with Crippen LogP contribution in [0.1, 0.15) is 62.7 Å². The molecule has 2 amide bonds. The third-order valence-corrected chi connectivity index (χ3v) is 7.95. The van der Waals surface area contributed by atoms with Gasteiger partial charge in [-0.15, -0.1) is 0 Å². The van der Waals surface area contributed by atoms with Crippen LogP contribution >= 0.6 is 0 Å². The largest absolute Gasteiger partial charge is 0.387 e. The molecule has 0 saturated carbocycles. The molecule has 0 saturated heterocycles. The molecule has 0 aliphatic carbocycles. The van der Waals surface area contributed by atoms with Crippen molar-refractivity contribution >= 4 is 27.4 Å². The SMILES string of the molecule is CCCCCCCCNC(=O)Nc1ccc(S(=O)(=O)Nc2ccc(CCNC[C@H](O)c3ccccc3)cc2)cc1. The average molecular weight is 567 g/mol. The molecule has 1 atom stereocenters. The summed E-state index contributed by atoms with van der Waals surface area (Å²) in [5.74, 6) is 0. The smallest absolute Gasteiger partial charge is 0.319 e. The first-order valence-corrected chi connectivity index (χ1v) is 15.6. The minimum Gasteiger partial charge on any atom is -0.387 e. The topological polar surface area (TPSA) is 120 Å². The van der Waals surface area contributed by atoms with Crippen molar-refractivity contribution in [1.82, 2.24) is 10.6 Å². The van der Waals surface area contributed by atoms with Gasteiger partial charge in [0.05, 0.1) is 11.0 Å². The van der Waals surface area contributed by atoms with Gasteiger partial charge in [0.25, 0.3) is 10.0 Å². The van der Waals surface area contributed by atoms with Gasteiger partial charge in [-0.2, -0.15) is 0 Å². The number of aliphatic hydroxyl groups is 1. The van der Waals surface area contributed by atoms with E-state index in [1.807, 2.05) is 42.5 Å². The molecule has 9 heteroatoms. The van der Waals surface area contributed by atoms with Crippen LogP contribution in [-0.2, 0) is 16.4 Å². The Bertz CT molecular complexity index is 1250. The minimum atomic E-state index is -3.77. The highest BCUT2D eigenvalue weighted by atomic mass is 32.2. The van der Waals surface area contributed by atoms with Gasteiger partial charge >= 0.3 is 6.03 Å². The van der Waals surface area contributed by atoms with Crippen molar-refractivity contribution in [3.05, 3.63) is 90.0 Å². The normalized spacial score (nSPS) is 12.1. The van der Waals surface area contributed by atoms with Crippen LogP contribution < -0.4 is 20.7 Å². The predicted molar refractivity (Wildman–Crippen MR) is 162 cm³/mol. The van der Waals surface area contributed by atoms with Crippen LogP contribution in [0.4, 0.5) is 16.2 Å². The van der Waals surface area contributed by atoms with E-state index in [4.69, 9.17) is 0 Å². The molecule has 5 N–H and O–H groups in total. The summed E-state index contributed by atoms with van der Waals surface area (Å²) in [6.45, 7) is 3.94. The fraction of sp³-hybridized carbons (Fsp3) is 0.387. The molecule has 216 valence electrons. The number of hydrogen-bond donors (Lipinski definition) is 5. The van der Waals surface area contributed by atoms with Crippen LogP contribution in [0.15, 0.2) is 83.8 Å². The molecule has 0 spiro atoms. The van der Waals surface area contributed by atoms with Crippen LogP contribution in [0.5, 0.6) is 0 Å². The molecule has 3 aromatic carbocycles. The summed E-state index contributed by atoms with van der Waals surface area (Å²) in [6.07, 6.45) is 7.11. The van der Waals surface area contributed by atoms with Gasteiger partial charge in [-0.05, 0) is 66.9 Å². The summed E-state index contributed by atoms with van der Waals surface area (Å²) in [4.78, 5) is 12.2. The second kappa shape index (κ2) is 16.6. The Balaban J connectivity index is 1.39. The van der Waals surface area contributed by atoms with Gasteiger partial charge in [0, 0.05) is 24.5 Å². The molecular formula is C31H42N4O4S. The zero-order valence-electron chi connectivity index (χ0n) is 23.2. The van der Waals surface area contributed by atoms with E-state index < -0.39 is 16.1 Å². The van der Waals surface area contributed by atoms with E-state index in [2.05, 4.69) is 27.6 Å². The maximum absolute atomic E-state index is 12.8. The second-order valence-electron chi connectivity index (χ2n) is 9.86. The monoisotopic (exact) mass is 566 g/mol. The van der Waals surface area contributed by atoms with Crippen molar-refractivity contribution in [3.8, 4) is 0 Å². The van der Waals surface area contributed by atoms with Crippen LogP contribution in [-0.4, -0.2) is 39.2 Å². The molecule has 40 heavy (non-hydrogen) atoms. The molecule has 3 aromatic rings. The lowest BCUT2D eigenvalue weighted by Crippen LogP contribution is -2.29. The second-order valence-corrected chi connectivity index (χ2v) is 11.5. The van der Waals surface area contributed by atoms with Gasteiger partial charge in [-0.25, -0.2) is 13.2 Å². The maximum atomic E-state index is 12.8. The number of nitrogens with one attached hydrogen (secondary N) is 4. The van der Waals surface area contributed by atoms with Crippen LogP contribution in [0.25, 0.3) is 0 Å². The average Bonchev–Trinajstić information content (AvgIpc) is 2.96. The molecule has 0 aromatic heterocycles. The molecule has 0 unspecified atom stereocenters. The standard InChI is InChI=1S/C31H42N4O4S/c1-2-3-4-5-6-10-22-33-31(37)34-27-17-19-29(20-18-27)40(38,39)35-28-15-13-25(14-16-28)21-23-32-24-30(36)26-11-8-7-9-12-26/h7-9,11-20,30,32,35-36H,2-6,10,21-24H2,1H3,(H2,33,34,37)/t30-/m0/s1. The molecule has 0 aliphatic heterocycles. The van der Waals surface area contributed by atoms with Crippen molar-refractivity contribution in [2.75, 3.05) is 29.7 Å². The Morgan fingerprint density at radius 3 is 2.15 bits per heavy atom. The van der Waals surface area contributed by atoms with Crippen LogP contribution in [0.3, 0.4) is 0 Å². The third kappa shape index (κ3) is 11.0. The Kier molecular flexibility index (Phi) is 13.0. The van der Waals surface area contributed by atoms with E-state index in [1.165, 1.54) is 37.8 Å². The summed E-state index contributed by atoms with van der Waals surface area (Å²) in [7, 11) is -3.77. The van der Waals surface area contributed by atoms with Gasteiger partial charge in [0.2, 0.25) is 0 Å². The number of hydrogen-bond acceptors (Lipinski definition) is 5. The van der Waals surface area contributed by atoms with E-state index in [9.17, 15) is 18.3 Å². The van der Waals surface area contributed by atoms with E-state index in [1.54, 1.807) is 24.3 Å². The van der Waals surface area contributed by atoms with Gasteiger partial charge in [0.1, 0.15) is 0 Å². The number of carbonyl (C=O) groups is 1. The lowest BCUT2D eigenvalue weighted by atomic mass is 10.1. The number of amides is 2. The van der Waals surface area contributed by atoms with E-state index in [0.29, 0.717) is 31.0 Å². The fourth-order valence-corrected chi connectivity index (χ4v) is 5.28. The number of benzene rings is 3. The summed E-state index contributed by atoms with van der Waals surface area (Å²) in [5.41, 5.74) is 2.91. The number of urea groups is 1. The molecule has 0 radical (unpaired) electrons. The fourth-order valence-electron chi connectivity index (χ4n) is 4.22. The molecule has 0 aliphatic rings. The summed E-state index contributed by atoms with van der Waals surface area (Å²) in [5, 5.41) is 19.1. The molecular weight excluding hydrogens is 524 g/mol. The Morgan fingerprint density at radius 2 is 1.45 bits per heavy atom. The lowest BCUT2D eigenvalue weighted by Gasteiger charge is -2.12. The molecule has 0 heterocycles. The first-order valence-electron chi connectivity index (χ1n) is 14.1. The Labute approximate surface area is 238 Å². The van der Waals surface area contributed by atoms with Crippen molar-refractivity contribution in [3.63, 3.8) is 0 Å². The number of unbranched alkanes of at least 4 members (excludes halogenated alkanes) is 5. The van der Waals surface area contributed by atoms with E-state index in [0.717, 1.165) is 30.4 Å². The summed E-state index contributed by atoms with van der Waals surface area (Å²) < 4.78 is 28.3. The highest BCUT2D eigenvalue weighted by Crippen LogP contribution is 2.19. The number of anilines is 2.